The quantitative estimate of drug-likeness (QED) is 0.865. The second kappa shape index (κ2) is 6.90. The number of alkyl halides is 3. The number of hydrogen-bond donors (Lipinski definition) is 1. The van der Waals surface area contributed by atoms with Gasteiger partial charge in [0.05, 0.1) is 11.3 Å². The van der Waals surface area contributed by atoms with Crippen LogP contribution in [0.5, 0.6) is 0 Å². The van der Waals surface area contributed by atoms with Crippen molar-refractivity contribution in [2.24, 2.45) is 5.92 Å². The molecule has 1 N–H and O–H groups in total. The first-order valence-electron chi connectivity index (χ1n) is 8.37. The van der Waals surface area contributed by atoms with E-state index in [9.17, 15) is 13.2 Å². The van der Waals surface area contributed by atoms with Gasteiger partial charge in [-0.15, -0.1) is 0 Å². The van der Waals surface area contributed by atoms with Gasteiger partial charge in [-0.2, -0.15) is 18.2 Å². The molecule has 0 amide bonds. The lowest BCUT2D eigenvalue weighted by molar-refractivity contribution is -0.136. The fourth-order valence-electron chi connectivity index (χ4n) is 3.13. The van der Waals surface area contributed by atoms with E-state index in [4.69, 9.17) is 0 Å². The predicted molar refractivity (Wildman–Crippen MR) is 92.1 cm³/mol. The summed E-state index contributed by atoms with van der Waals surface area (Å²) in [6.07, 6.45) is -2.16. The zero-order valence-corrected chi connectivity index (χ0v) is 14.3. The molecule has 0 aliphatic carbocycles. The van der Waals surface area contributed by atoms with Crippen LogP contribution in [0.15, 0.2) is 30.3 Å². The third kappa shape index (κ3) is 4.21. The Labute approximate surface area is 145 Å². The Hall–Kier alpha value is -2.31. The molecule has 2 aromatic rings. The molecule has 25 heavy (non-hydrogen) atoms. The number of benzene rings is 1. The molecule has 1 aromatic carbocycles. The zero-order valence-electron chi connectivity index (χ0n) is 14.3. The fourth-order valence-corrected chi connectivity index (χ4v) is 3.13. The van der Waals surface area contributed by atoms with Gasteiger partial charge in [-0.3, -0.25) is 0 Å². The van der Waals surface area contributed by atoms with E-state index >= 15 is 0 Å². The lowest BCUT2D eigenvalue weighted by Gasteiger charge is -2.32. The Balaban J connectivity index is 1.89. The first kappa shape index (κ1) is 17.5. The van der Waals surface area contributed by atoms with Gasteiger partial charge in [-0.05, 0) is 37.8 Å². The highest BCUT2D eigenvalue weighted by atomic mass is 19.4. The minimum absolute atomic E-state index is 0.0430. The molecule has 1 atom stereocenters. The normalized spacial score (nSPS) is 18.3. The Morgan fingerprint density at radius 1 is 1.20 bits per heavy atom. The number of rotatable bonds is 3. The molecule has 1 unspecified atom stereocenters. The molecule has 0 spiro atoms. The van der Waals surface area contributed by atoms with Gasteiger partial charge in [0.15, 0.2) is 0 Å². The van der Waals surface area contributed by atoms with E-state index in [0.717, 1.165) is 37.1 Å². The van der Waals surface area contributed by atoms with E-state index in [1.807, 2.05) is 13.0 Å². The van der Waals surface area contributed by atoms with E-state index < -0.39 is 11.7 Å². The van der Waals surface area contributed by atoms with Crippen LogP contribution in [0, 0.1) is 12.8 Å². The summed E-state index contributed by atoms with van der Waals surface area (Å²) in [5, 5.41) is 2.74. The number of aromatic nitrogens is 2. The topological polar surface area (TPSA) is 41.1 Å². The van der Waals surface area contributed by atoms with Crippen LogP contribution in [0.4, 0.5) is 30.6 Å². The summed E-state index contributed by atoms with van der Waals surface area (Å²) >= 11 is 0. The molecule has 1 aliphatic heterocycles. The van der Waals surface area contributed by atoms with Crippen LogP contribution in [0.25, 0.3) is 0 Å². The van der Waals surface area contributed by atoms with E-state index in [-0.39, 0.29) is 11.6 Å². The van der Waals surface area contributed by atoms with Crippen molar-refractivity contribution in [3.05, 3.63) is 41.6 Å². The third-order valence-electron chi connectivity index (χ3n) is 4.30. The van der Waals surface area contributed by atoms with Crippen molar-refractivity contribution in [3.8, 4) is 0 Å². The standard InChI is InChI=1S/C18H21F3N4/c1-12-6-5-9-25(11-12)16-10-13(2)22-17(24-16)23-15-8-4-3-7-14(15)18(19,20)21/h3-4,7-8,10,12H,5-6,9,11H2,1-2H3,(H,22,23,24). The highest BCUT2D eigenvalue weighted by molar-refractivity contribution is 5.60. The predicted octanol–water partition coefficient (Wildman–Crippen LogP) is 4.78. The van der Waals surface area contributed by atoms with Crippen LogP contribution >= 0.6 is 0 Å². The van der Waals surface area contributed by atoms with E-state index in [0.29, 0.717) is 5.92 Å². The maximum Gasteiger partial charge on any atom is 0.418 e. The van der Waals surface area contributed by atoms with Crippen LogP contribution in [0.1, 0.15) is 31.0 Å². The van der Waals surface area contributed by atoms with Gasteiger partial charge in [0.25, 0.3) is 0 Å². The molecule has 4 nitrogen and oxygen atoms in total. The molecular formula is C18H21F3N4. The van der Waals surface area contributed by atoms with Crippen LogP contribution in [0.3, 0.4) is 0 Å². The number of hydrogen-bond acceptors (Lipinski definition) is 4. The van der Waals surface area contributed by atoms with Crippen LogP contribution in [0.2, 0.25) is 0 Å². The number of nitrogens with zero attached hydrogens (tertiary/aromatic N) is 3. The summed E-state index contributed by atoms with van der Waals surface area (Å²) in [5.74, 6) is 1.52. The molecular weight excluding hydrogens is 329 g/mol. The molecule has 1 aromatic heterocycles. The Bertz CT molecular complexity index is 745. The molecule has 134 valence electrons. The van der Waals surface area contributed by atoms with E-state index in [1.54, 1.807) is 6.07 Å². The molecule has 1 aliphatic rings. The number of nitrogens with one attached hydrogen (secondary N) is 1. The summed E-state index contributed by atoms with van der Waals surface area (Å²) in [5.41, 5.74) is -0.0537. The van der Waals surface area contributed by atoms with Crippen LogP contribution in [-0.4, -0.2) is 23.1 Å². The van der Waals surface area contributed by atoms with Gasteiger partial charge >= 0.3 is 6.18 Å². The van der Waals surface area contributed by atoms with E-state index in [1.165, 1.54) is 18.6 Å². The van der Waals surface area contributed by atoms with Gasteiger partial charge in [0.1, 0.15) is 5.82 Å². The average molecular weight is 350 g/mol. The summed E-state index contributed by atoms with van der Waals surface area (Å²) in [6, 6.07) is 7.23. The highest BCUT2D eigenvalue weighted by Crippen LogP contribution is 2.35. The van der Waals surface area contributed by atoms with Gasteiger partial charge in [0, 0.05) is 24.8 Å². The van der Waals surface area contributed by atoms with Crippen LogP contribution in [-0.2, 0) is 6.18 Å². The van der Waals surface area contributed by atoms with Crippen molar-refractivity contribution >= 4 is 17.5 Å². The summed E-state index contributed by atoms with van der Waals surface area (Å²) in [4.78, 5) is 10.9. The van der Waals surface area contributed by atoms with Crippen molar-refractivity contribution in [2.75, 3.05) is 23.3 Å². The highest BCUT2D eigenvalue weighted by Gasteiger charge is 2.33. The van der Waals surface area contributed by atoms with Crippen LogP contribution < -0.4 is 10.2 Å². The van der Waals surface area contributed by atoms with E-state index in [2.05, 4.69) is 27.1 Å². The van der Waals surface area contributed by atoms with Crippen molar-refractivity contribution in [1.82, 2.24) is 9.97 Å². The summed E-state index contributed by atoms with van der Waals surface area (Å²) in [6.45, 7) is 5.81. The molecule has 2 heterocycles. The molecule has 3 rings (SSSR count). The fraction of sp³-hybridized carbons (Fsp3) is 0.444. The molecule has 1 fully saturated rings. The Morgan fingerprint density at radius 2 is 1.96 bits per heavy atom. The third-order valence-corrected chi connectivity index (χ3v) is 4.30. The molecule has 0 saturated carbocycles. The zero-order chi connectivity index (χ0) is 18.0. The van der Waals surface area contributed by atoms with Gasteiger partial charge in [-0.1, -0.05) is 19.1 Å². The monoisotopic (exact) mass is 350 g/mol. The van der Waals surface area contributed by atoms with Crippen molar-refractivity contribution in [1.29, 1.82) is 0 Å². The van der Waals surface area contributed by atoms with Crippen molar-refractivity contribution in [3.63, 3.8) is 0 Å². The first-order valence-corrected chi connectivity index (χ1v) is 8.37. The number of anilines is 3. The number of piperidine rings is 1. The maximum atomic E-state index is 13.2. The van der Waals surface area contributed by atoms with Crippen molar-refractivity contribution in [2.45, 2.75) is 32.9 Å². The Morgan fingerprint density at radius 3 is 2.68 bits per heavy atom. The average Bonchev–Trinajstić information content (AvgIpc) is 2.54. The SMILES string of the molecule is Cc1cc(N2CCCC(C)C2)nc(Nc2ccccc2C(F)(F)F)n1. The molecule has 0 radical (unpaired) electrons. The number of halogens is 3. The van der Waals surface area contributed by atoms with Gasteiger partial charge < -0.3 is 10.2 Å². The summed E-state index contributed by atoms with van der Waals surface area (Å²) < 4.78 is 39.5. The second-order valence-corrected chi connectivity index (χ2v) is 6.55. The second-order valence-electron chi connectivity index (χ2n) is 6.55. The van der Waals surface area contributed by atoms with Gasteiger partial charge in [0.2, 0.25) is 5.95 Å². The lowest BCUT2D eigenvalue weighted by Crippen LogP contribution is -2.35. The smallest absolute Gasteiger partial charge is 0.356 e. The minimum Gasteiger partial charge on any atom is -0.356 e. The number of para-hydroxylation sites is 1. The maximum absolute atomic E-state index is 13.2. The van der Waals surface area contributed by atoms with Gasteiger partial charge in [-0.25, -0.2) is 4.98 Å². The lowest BCUT2D eigenvalue weighted by atomic mass is 10.0. The molecule has 1 saturated heterocycles. The summed E-state index contributed by atoms with van der Waals surface area (Å²) in [7, 11) is 0. The van der Waals surface area contributed by atoms with Crippen molar-refractivity contribution < 1.29 is 13.2 Å². The molecule has 7 heteroatoms. The largest absolute Gasteiger partial charge is 0.418 e. The number of aryl methyl sites for hydroxylation is 1. The first-order chi connectivity index (χ1) is 11.8. The minimum atomic E-state index is -4.43. The molecule has 0 bridgehead atoms. The Kier molecular flexibility index (Phi) is 4.83.